The zero-order valence-corrected chi connectivity index (χ0v) is 21.5. The Bertz CT molecular complexity index is 615. The molecule has 32 heavy (non-hydrogen) atoms. The predicted octanol–water partition coefficient (Wildman–Crippen LogP) is 4.22. The maximum absolute atomic E-state index is 11.0. The van der Waals surface area contributed by atoms with Crippen molar-refractivity contribution in [2.75, 3.05) is 28.4 Å². The van der Waals surface area contributed by atoms with Crippen LogP contribution in [0.1, 0.15) is 47.5 Å². The van der Waals surface area contributed by atoms with Crippen LogP contribution in [-0.4, -0.2) is 70.4 Å². The fourth-order valence-corrected chi connectivity index (χ4v) is 5.66. The van der Waals surface area contributed by atoms with Crippen molar-refractivity contribution in [1.29, 1.82) is 0 Å². The lowest BCUT2D eigenvalue weighted by Crippen LogP contribution is -2.49. The number of rotatable bonds is 12. The first-order chi connectivity index (χ1) is 15.2. The zero-order valence-electron chi connectivity index (χ0n) is 21.5. The minimum absolute atomic E-state index is 0.0708. The molecule has 0 radical (unpaired) electrons. The van der Waals surface area contributed by atoms with Crippen molar-refractivity contribution >= 4 is 0 Å². The van der Waals surface area contributed by atoms with E-state index in [-0.39, 0.29) is 36.4 Å². The first-order valence-electron chi connectivity index (χ1n) is 12.0. The van der Waals surface area contributed by atoms with Crippen molar-refractivity contribution in [3.63, 3.8) is 0 Å². The van der Waals surface area contributed by atoms with E-state index in [4.69, 9.17) is 23.7 Å². The van der Waals surface area contributed by atoms with Crippen LogP contribution < -0.4 is 0 Å². The summed E-state index contributed by atoms with van der Waals surface area (Å²) < 4.78 is 28.4. The van der Waals surface area contributed by atoms with Crippen LogP contribution in [0.5, 0.6) is 0 Å². The third-order valence-electron chi connectivity index (χ3n) is 7.80. The first kappa shape index (κ1) is 27.5. The normalized spacial score (nSPS) is 37.3. The molecular weight excluding hydrogens is 408 g/mol. The fraction of sp³-hybridized carbons (Fsp3) is 0.846. The molecule has 10 unspecified atom stereocenters. The van der Waals surface area contributed by atoms with E-state index in [1.54, 1.807) is 28.4 Å². The van der Waals surface area contributed by atoms with Gasteiger partial charge in [0.25, 0.3) is 0 Å². The van der Waals surface area contributed by atoms with Gasteiger partial charge in [-0.1, -0.05) is 45.9 Å². The molecule has 6 heteroatoms. The molecule has 0 amide bonds. The van der Waals surface area contributed by atoms with Gasteiger partial charge in [0.1, 0.15) is 12.2 Å². The SMILES string of the molecule is CCC(OC)C(C)C1C(C(O)C(C)/C=C/C=C(\C)C2OC(OC)C(OC)CC2OC)[C@@H]1C. The number of hydrogen-bond acceptors (Lipinski definition) is 6. The van der Waals surface area contributed by atoms with Gasteiger partial charge in [-0.3, -0.25) is 0 Å². The van der Waals surface area contributed by atoms with Crippen LogP contribution in [0.3, 0.4) is 0 Å². The molecule has 186 valence electrons. The van der Waals surface area contributed by atoms with E-state index in [0.717, 1.165) is 12.0 Å². The Morgan fingerprint density at radius 2 is 1.72 bits per heavy atom. The lowest BCUT2D eigenvalue weighted by molar-refractivity contribution is -0.256. The minimum atomic E-state index is -0.418. The summed E-state index contributed by atoms with van der Waals surface area (Å²) in [4.78, 5) is 0. The minimum Gasteiger partial charge on any atom is -0.392 e. The van der Waals surface area contributed by atoms with E-state index in [1.807, 2.05) is 19.1 Å². The second-order valence-electron chi connectivity index (χ2n) is 9.65. The Hall–Kier alpha value is -0.760. The average molecular weight is 455 g/mol. The van der Waals surface area contributed by atoms with Crippen molar-refractivity contribution in [1.82, 2.24) is 0 Å². The van der Waals surface area contributed by atoms with Gasteiger partial charge in [0.2, 0.25) is 0 Å². The van der Waals surface area contributed by atoms with Crippen LogP contribution in [-0.2, 0) is 23.7 Å². The third kappa shape index (κ3) is 6.22. The van der Waals surface area contributed by atoms with E-state index in [2.05, 4.69) is 33.8 Å². The first-order valence-corrected chi connectivity index (χ1v) is 12.0. The lowest BCUT2D eigenvalue weighted by Gasteiger charge is -2.39. The van der Waals surface area contributed by atoms with Crippen molar-refractivity contribution < 1.29 is 28.8 Å². The molecule has 11 atom stereocenters. The molecular formula is C26H46O6. The van der Waals surface area contributed by atoms with E-state index in [0.29, 0.717) is 30.1 Å². The van der Waals surface area contributed by atoms with Gasteiger partial charge >= 0.3 is 0 Å². The maximum atomic E-state index is 11.0. The highest BCUT2D eigenvalue weighted by atomic mass is 16.7. The van der Waals surface area contributed by atoms with Crippen LogP contribution in [0.15, 0.2) is 23.8 Å². The lowest BCUT2D eigenvalue weighted by atomic mass is 9.91. The fourth-order valence-electron chi connectivity index (χ4n) is 5.66. The molecule has 0 aromatic heterocycles. The number of allylic oxidation sites excluding steroid dienone is 2. The van der Waals surface area contributed by atoms with Crippen molar-refractivity contribution in [3.8, 4) is 0 Å². The van der Waals surface area contributed by atoms with Crippen LogP contribution in [0.4, 0.5) is 0 Å². The van der Waals surface area contributed by atoms with Crippen LogP contribution >= 0.6 is 0 Å². The molecule has 2 fully saturated rings. The number of ether oxygens (including phenoxy) is 5. The van der Waals surface area contributed by atoms with E-state index < -0.39 is 6.29 Å². The Morgan fingerprint density at radius 1 is 1.06 bits per heavy atom. The Kier molecular flexibility index (Phi) is 10.8. The summed E-state index contributed by atoms with van der Waals surface area (Å²) >= 11 is 0. The number of aliphatic hydroxyl groups excluding tert-OH is 1. The van der Waals surface area contributed by atoms with E-state index in [1.165, 1.54) is 0 Å². The highest BCUT2D eigenvalue weighted by Crippen LogP contribution is 2.55. The summed E-state index contributed by atoms with van der Waals surface area (Å²) in [5, 5.41) is 11.0. The smallest absolute Gasteiger partial charge is 0.184 e. The second-order valence-corrected chi connectivity index (χ2v) is 9.65. The number of methoxy groups -OCH3 is 4. The van der Waals surface area contributed by atoms with Gasteiger partial charge in [0, 0.05) is 40.8 Å². The monoisotopic (exact) mass is 454 g/mol. The summed E-state index contributed by atoms with van der Waals surface area (Å²) in [6.07, 6.45) is 6.92. The molecule has 1 heterocycles. The van der Waals surface area contributed by atoms with Gasteiger partial charge in [-0.05, 0) is 42.6 Å². The largest absolute Gasteiger partial charge is 0.392 e. The summed E-state index contributed by atoms with van der Waals surface area (Å²) in [6.45, 7) is 10.8. The highest BCUT2D eigenvalue weighted by Gasteiger charge is 2.55. The molecule has 0 aromatic rings. The predicted molar refractivity (Wildman–Crippen MR) is 126 cm³/mol. The van der Waals surface area contributed by atoms with Gasteiger partial charge in [-0.25, -0.2) is 0 Å². The van der Waals surface area contributed by atoms with Crippen molar-refractivity contribution in [3.05, 3.63) is 23.8 Å². The molecule has 1 aliphatic heterocycles. The molecule has 6 nitrogen and oxygen atoms in total. The summed E-state index contributed by atoms with van der Waals surface area (Å²) in [7, 11) is 6.78. The van der Waals surface area contributed by atoms with Gasteiger partial charge in [-0.15, -0.1) is 0 Å². The molecule has 1 saturated heterocycles. The molecule has 0 aromatic carbocycles. The quantitative estimate of drug-likeness (QED) is 0.446. The second kappa shape index (κ2) is 12.6. The van der Waals surface area contributed by atoms with E-state index >= 15 is 0 Å². The molecule has 0 bridgehead atoms. The summed E-state index contributed by atoms with van der Waals surface area (Å²) in [5.74, 6) is 1.89. The van der Waals surface area contributed by atoms with Gasteiger partial charge < -0.3 is 28.8 Å². The van der Waals surface area contributed by atoms with Crippen LogP contribution in [0.2, 0.25) is 0 Å². The molecule has 2 rings (SSSR count). The van der Waals surface area contributed by atoms with Crippen LogP contribution in [0.25, 0.3) is 0 Å². The molecule has 2 aliphatic rings. The Morgan fingerprint density at radius 3 is 2.25 bits per heavy atom. The molecule has 1 aliphatic carbocycles. The average Bonchev–Trinajstić information content (AvgIpc) is 3.48. The third-order valence-corrected chi connectivity index (χ3v) is 7.80. The van der Waals surface area contributed by atoms with Gasteiger partial charge in [0.05, 0.1) is 18.3 Å². The van der Waals surface area contributed by atoms with Gasteiger partial charge in [-0.2, -0.15) is 0 Å². The summed E-state index contributed by atoms with van der Waals surface area (Å²) in [5.41, 5.74) is 1.06. The molecule has 0 spiro atoms. The van der Waals surface area contributed by atoms with Crippen molar-refractivity contribution in [2.24, 2.45) is 29.6 Å². The maximum Gasteiger partial charge on any atom is 0.184 e. The van der Waals surface area contributed by atoms with Gasteiger partial charge in [0.15, 0.2) is 6.29 Å². The topological polar surface area (TPSA) is 66.4 Å². The highest BCUT2D eigenvalue weighted by molar-refractivity contribution is 5.18. The zero-order chi connectivity index (χ0) is 24.0. The number of aliphatic hydroxyl groups is 1. The van der Waals surface area contributed by atoms with E-state index in [9.17, 15) is 5.11 Å². The number of hydrogen-bond donors (Lipinski definition) is 1. The Labute approximate surface area is 195 Å². The summed E-state index contributed by atoms with van der Waals surface area (Å²) in [6, 6.07) is 0. The molecule has 1 saturated carbocycles. The van der Waals surface area contributed by atoms with Crippen molar-refractivity contribution in [2.45, 2.75) is 84.3 Å². The molecule has 1 N–H and O–H groups in total. The standard InChI is InChI=1S/C26H46O6/c1-10-19(28-6)17(4)22-18(5)23(22)24(27)15(2)12-11-13-16(3)25-20(29-7)14-21(30-8)26(31-9)32-25/h11-13,15,17-27H,10,14H2,1-9H3/b12-11+,16-13+/t15?,17?,18-,19?,20?,21?,22?,23?,24?,25?,26?/m1/s1. The Balaban J connectivity index is 1.98. The van der Waals surface area contributed by atoms with Crippen LogP contribution in [0, 0.1) is 29.6 Å².